The molecule has 0 spiro atoms. The molecule has 1 fully saturated rings. The molecule has 1 aromatic carbocycles. The lowest BCUT2D eigenvalue weighted by Crippen LogP contribution is -2.56. The highest BCUT2D eigenvalue weighted by Gasteiger charge is 2.39. The lowest BCUT2D eigenvalue weighted by Gasteiger charge is -2.45. The van der Waals surface area contributed by atoms with Crippen molar-refractivity contribution < 1.29 is 14.0 Å². The summed E-state index contributed by atoms with van der Waals surface area (Å²) in [5.74, 6) is 3.22. The van der Waals surface area contributed by atoms with Gasteiger partial charge in [0.15, 0.2) is 0 Å². The van der Waals surface area contributed by atoms with Gasteiger partial charge in [-0.15, -0.1) is 0 Å². The summed E-state index contributed by atoms with van der Waals surface area (Å²) in [4.78, 5) is 0. The first kappa shape index (κ1) is 15.2. The van der Waals surface area contributed by atoms with Crippen LogP contribution in [0.25, 0.3) is 0 Å². The van der Waals surface area contributed by atoms with Crippen molar-refractivity contribution in [2.24, 2.45) is 5.92 Å². The van der Waals surface area contributed by atoms with Crippen LogP contribution in [0.4, 0.5) is 0 Å². The molecular formula is C17H28NO2+. The Hall–Kier alpha value is -1.22. The summed E-state index contributed by atoms with van der Waals surface area (Å²) < 4.78 is 12.3. The lowest BCUT2D eigenvalue weighted by molar-refractivity contribution is -0.932. The molecule has 1 aliphatic rings. The van der Waals surface area contributed by atoms with Gasteiger partial charge in [0.05, 0.1) is 47.3 Å². The monoisotopic (exact) mass is 278 g/mol. The van der Waals surface area contributed by atoms with Gasteiger partial charge in [-0.05, 0) is 30.0 Å². The van der Waals surface area contributed by atoms with Crippen molar-refractivity contribution in [1.82, 2.24) is 0 Å². The first-order valence-corrected chi connectivity index (χ1v) is 7.43. The van der Waals surface area contributed by atoms with Gasteiger partial charge >= 0.3 is 0 Å². The smallest absolute Gasteiger partial charge is 0.123 e. The van der Waals surface area contributed by atoms with Gasteiger partial charge in [0, 0.05) is 5.56 Å². The first-order valence-electron chi connectivity index (χ1n) is 7.43. The number of nitrogens with zero attached hydrogens (tertiary/aromatic N) is 1. The fourth-order valence-corrected chi connectivity index (χ4v) is 3.24. The van der Waals surface area contributed by atoms with E-state index in [2.05, 4.69) is 40.1 Å². The van der Waals surface area contributed by atoms with Crippen LogP contribution < -0.4 is 9.47 Å². The van der Waals surface area contributed by atoms with E-state index in [-0.39, 0.29) is 0 Å². The van der Waals surface area contributed by atoms with E-state index >= 15 is 0 Å². The van der Waals surface area contributed by atoms with Gasteiger partial charge in [0.1, 0.15) is 11.5 Å². The average molecular weight is 278 g/mol. The minimum absolute atomic E-state index is 0.585. The molecule has 0 saturated carbocycles. The maximum Gasteiger partial charge on any atom is 0.123 e. The predicted octanol–water partition coefficient (Wildman–Crippen LogP) is 3.08. The molecular weight excluding hydrogens is 250 g/mol. The van der Waals surface area contributed by atoms with Gasteiger partial charge in [-0.25, -0.2) is 0 Å². The summed E-state index contributed by atoms with van der Waals surface area (Å²) in [6.07, 6.45) is 1.02. The third kappa shape index (κ3) is 3.09. The highest BCUT2D eigenvalue weighted by atomic mass is 16.5. The second kappa shape index (κ2) is 5.65. The summed E-state index contributed by atoms with van der Waals surface area (Å²) in [7, 11) is 8.07. The molecule has 0 unspecified atom stereocenters. The van der Waals surface area contributed by atoms with Gasteiger partial charge in [-0.1, -0.05) is 13.8 Å². The molecule has 1 saturated heterocycles. The van der Waals surface area contributed by atoms with Crippen molar-refractivity contribution in [3.8, 4) is 11.5 Å². The predicted molar refractivity (Wildman–Crippen MR) is 82.7 cm³/mol. The molecule has 20 heavy (non-hydrogen) atoms. The number of rotatable bonds is 5. The van der Waals surface area contributed by atoms with E-state index in [0.29, 0.717) is 11.8 Å². The highest BCUT2D eigenvalue weighted by Crippen LogP contribution is 2.40. The van der Waals surface area contributed by atoms with Crippen LogP contribution in [0, 0.1) is 5.92 Å². The fourth-order valence-electron chi connectivity index (χ4n) is 3.24. The second-order valence-electron chi connectivity index (χ2n) is 7.00. The van der Waals surface area contributed by atoms with Crippen LogP contribution in [0.5, 0.6) is 11.5 Å². The number of likely N-dealkylation sites (tertiary alicyclic amines) is 1. The zero-order chi connectivity index (χ0) is 14.9. The number of hydrogen-bond donors (Lipinski definition) is 0. The van der Waals surface area contributed by atoms with Crippen LogP contribution in [0.1, 0.15) is 30.9 Å². The number of ether oxygens (including phenoxy) is 2. The van der Waals surface area contributed by atoms with Gasteiger partial charge in [0.2, 0.25) is 0 Å². The second-order valence-corrected chi connectivity index (χ2v) is 7.00. The number of hydrogen-bond acceptors (Lipinski definition) is 2. The Bertz CT molecular complexity index is 472. The van der Waals surface area contributed by atoms with E-state index < -0.39 is 0 Å². The van der Waals surface area contributed by atoms with Gasteiger partial charge in [-0.2, -0.15) is 0 Å². The Morgan fingerprint density at radius 1 is 1.10 bits per heavy atom. The Morgan fingerprint density at radius 2 is 1.70 bits per heavy atom. The Morgan fingerprint density at radius 3 is 2.15 bits per heavy atom. The quantitative estimate of drug-likeness (QED) is 0.771. The van der Waals surface area contributed by atoms with Crippen molar-refractivity contribution in [1.29, 1.82) is 0 Å². The van der Waals surface area contributed by atoms with Crippen LogP contribution in [-0.4, -0.2) is 45.9 Å². The number of likely N-dealkylation sites (N-methyl/N-ethyl adjacent to an activating group) is 1. The summed E-state index contributed by atoms with van der Waals surface area (Å²) in [6.45, 7) is 6.80. The van der Waals surface area contributed by atoms with Crippen LogP contribution in [0.2, 0.25) is 0 Å². The van der Waals surface area contributed by atoms with Crippen molar-refractivity contribution in [2.45, 2.75) is 26.2 Å². The molecule has 3 nitrogen and oxygen atoms in total. The van der Waals surface area contributed by atoms with Gasteiger partial charge in [-0.3, -0.25) is 0 Å². The van der Waals surface area contributed by atoms with E-state index in [1.54, 1.807) is 14.2 Å². The molecule has 0 N–H and O–H groups in total. The van der Waals surface area contributed by atoms with Crippen LogP contribution >= 0.6 is 0 Å². The van der Waals surface area contributed by atoms with Crippen LogP contribution in [-0.2, 0) is 6.42 Å². The van der Waals surface area contributed by atoms with Crippen molar-refractivity contribution in [3.05, 3.63) is 23.3 Å². The largest absolute Gasteiger partial charge is 0.496 e. The first-order chi connectivity index (χ1) is 9.36. The molecule has 2 rings (SSSR count). The lowest BCUT2D eigenvalue weighted by atomic mass is 9.87. The SMILES string of the molecule is COc1cc(C2C[N+](C)(C)C2)c(OC)cc1CC(C)C. The molecule has 1 aromatic rings. The zero-order valence-electron chi connectivity index (χ0n) is 13.7. The topological polar surface area (TPSA) is 18.5 Å². The third-order valence-corrected chi connectivity index (χ3v) is 4.13. The number of benzene rings is 1. The van der Waals surface area contributed by atoms with Crippen LogP contribution in [0.3, 0.4) is 0 Å². The molecule has 1 heterocycles. The average Bonchev–Trinajstić information content (AvgIpc) is 2.34. The maximum atomic E-state index is 5.63. The minimum atomic E-state index is 0.585. The molecule has 0 amide bonds. The highest BCUT2D eigenvalue weighted by molar-refractivity contribution is 5.48. The Labute approximate surface area is 123 Å². The Kier molecular flexibility index (Phi) is 4.28. The number of quaternary nitrogens is 1. The zero-order valence-corrected chi connectivity index (χ0v) is 13.7. The van der Waals surface area contributed by atoms with E-state index in [1.165, 1.54) is 24.2 Å². The van der Waals surface area contributed by atoms with Crippen molar-refractivity contribution in [3.63, 3.8) is 0 Å². The fraction of sp³-hybridized carbons (Fsp3) is 0.647. The maximum absolute atomic E-state index is 5.63. The molecule has 0 aliphatic carbocycles. The molecule has 0 aromatic heterocycles. The minimum Gasteiger partial charge on any atom is -0.496 e. The molecule has 0 radical (unpaired) electrons. The summed E-state index contributed by atoms with van der Waals surface area (Å²) in [6, 6.07) is 4.37. The molecule has 112 valence electrons. The third-order valence-electron chi connectivity index (χ3n) is 4.13. The summed E-state index contributed by atoms with van der Waals surface area (Å²) >= 11 is 0. The van der Waals surface area contributed by atoms with E-state index in [1.807, 2.05) is 0 Å². The molecule has 0 atom stereocenters. The van der Waals surface area contributed by atoms with Gasteiger partial charge < -0.3 is 14.0 Å². The molecule has 1 aliphatic heterocycles. The summed E-state index contributed by atoms with van der Waals surface area (Å²) in [5, 5.41) is 0. The number of methoxy groups -OCH3 is 2. The Balaban J connectivity index is 2.33. The molecule has 0 bridgehead atoms. The van der Waals surface area contributed by atoms with Crippen LogP contribution in [0.15, 0.2) is 12.1 Å². The standard InChI is InChI=1S/C17H28NO2/c1-12(2)7-13-8-17(20-6)15(9-16(13)19-5)14-10-18(3,4)11-14/h8-9,12,14H,7,10-11H2,1-6H3/q+1. The summed E-state index contributed by atoms with van der Waals surface area (Å²) in [5.41, 5.74) is 2.55. The van der Waals surface area contributed by atoms with Gasteiger partial charge in [0.25, 0.3) is 0 Å². The van der Waals surface area contributed by atoms with Crippen molar-refractivity contribution in [2.75, 3.05) is 41.4 Å². The van der Waals surface area contributed by atoms with E-state index in [9.17, 15) is 0 Å². The normalized spacial score (nSPS) is 17.9. The molecule has 3 heteroatoms. The van der Waals surface area contributed by atoms with E-state index in [4.69, 9.17) is 9.47 Å². The van der Waals surface area contributed by atoms with E-state index in [0.717, 1.165) is 22.4 Å². The van der Waals surface area contributed by atoms with Crippen molar-refractivity contribution >= 4 is 0 Å².